The fraction of sp³-hybridized carbons (Fsp3) is 0.500. The zero-order valence-electron chi connectivity index (χ0n) is 9.46. The molecule has 0 fully saturated rings. The molecule has 2 atom stereocenters. The minimum atomic E-state index is 0.360. The van der Waals surface area contributed by atoms with E-state index < -0.39 is 0 Å². The van der Waals surface area contributed by atoms with E-state index in [9.17, 15) is 0 Å². The van der Waals surface area contributed by atoms with Gasteiger partial charge in [-0.1, -0.05) is 30.7 Å². The van der Waals surface area contributed by atoms with Crippen LogP contribution in [0.2, 0.25) is 5.02 Å². The van der Waals surface area contributed by atoms with Gasteiger partial charge in [0.2, 0.25) is 0 Å². The Balaban J connectivity index is 2.50. The van der Waals surface area contributed by atoms with Gasteiger partial charge in [-0.2, -0.15) is 11.8 Å². The minimum Gasteiger partial charge on any atom is -0.309 e. The van der Waals surface area contributed by atoms with Crippen molar-refractivity contribution in [2.75, 3.05) is 12.8 Å². The van der Waals surface area contributed by atoms with Gasteiger partial charge in [-0.25, -0.2) is 0 Å². The Labute approximate surface area is 102 Å². The molecule has 0 saturated carbocycles. The van der Waals surface area contributed by atoms with Crippen LogP contribution in [0.5, 0.6) is 0 Å². The number of benzene rings is 1. The molecule has 0 aromatic heterocycles. The highest BCUT2D eigenvalue weighted by atomic mass is 35.5. The molecule has 0 bridgehead atoms. The molecule has 0 radical (unpaired) electrons. The van der Waals surface area contributed by atoms with Crippen molar-refractivity contribution in [3.63, 3.8) is 0 Å². The smallest absolute Gasteiger partial charge is 0.0409 e. The van der Waals surface area contributed by atoms with E-state index in [0.717, 1.165) is 11.6 Å². The zero-order valence-corrected chi connectivity index (χ0v) is 11.0. The van der Waals surface area contributed by atoms with Crippen molar-refractivity contribution in [2.45, 2.75) is 25.1 Å². The first-order valence-electron chi connectivity index (χ1n) is 5.15. The lowest BCUT2D eigenvalue weighted by Gasteiger charge is -2.17. The van der Waals surface area contributed by atoms with Crippen molar-refractivity contribution in [1.29, 1.82) is 0 Å². The summed E-state index contributed by atoms with van der Waals surface area (Å²) in [5.41, 5.74) is 1.25. The molecule has 0 spiro atoms. The normalized spacial score (nSPS) is 14.9. The maximum atomic E-state index is 5.95. The van der Waals surface area contributed by atoms with Crippen molar-refractivity contribution in [3.05, 3.63) is 34.9 Å². The molecule has 0 heterocycles. The second-order valence-electron chi connectivity index (χ2n) is 3.73. The van der Waals surface area contributed by atoms with Crippen molar-refractivity contribution in [3.8, 4) is 0 Å². The largest absolute Gasteiger partial charge is 0.309 e. The molecule has 0 aliphatic rings. The van der Waals surface area contributed by atoms with Gasteiger partial charge in [0.15, 0.2) is 0 Å². The first kappa shape index (κ1) is 12.9. The van der Waals surface area contributed by atoms with Gasteiger partial charge in [0.05, 0.1) is 0 Å². The van der Waals surface area contributed by atoms with Crippen LogP contribution < -0.4 is 5.32 Å². The molecule has 0 amide bonds. The van der Waals surface area contributed by atoms with Crippen molar-refractivity contribution in [1.82, 2.24) is 5.32 Å². The highest BCUT2D eigenvalue weighted by Gasteiger charge is 2.06. The number of rotatable bonds is 5. The number of thioether (sulfide) groups is 1. The first-order valence-corrected chi connectivity index (χ1v) is 6.81. The Hall–Kier alpha value is -0.180. The van der Waals surface area contributed by atoms with E-state index in [1.54, 1.807) is 0 Å². The van der Waals surface area contributed by atoms with E-state index in [1.165, 1.54) is 5.56 Å². The van der Waals surface area contributed by atoms with Crippen molar-refractivity contribution < 1.29 is 0 Å². The lowest BCUT2D eigenvalue weighted by atomic mass is 10.1. The average molecular weight is 244 g/mol. The summed E-state index contributed by atoms with van der Waals surface area (Å²) in [6, 6.07) is 8.38. The Morgan fingerprint density at radius 1 is 1.40 bits per heavy atom. The van der Waals surface area contributed by atoms with Gasteiger partial charge in [0.25, 0.3) is 0 Å². The van der Waals surface area contributed by atoms with E-state index in [2.05, 4.69) is 31.5 Å². The Morgan fingerprint density at radius 2 is 2.13 bits per heavy atom. The van der Waals surface area contributed by atoms with Crippen LogP contribution in [0, 0.1) is 0 Å². The van der Waals surface area contributed by atoms with Gasteiger partial charge in [0.1, 0.15) is 0 Å². The molecular formula is C12H18ClNS. The quantitative estimate of drug-likeness (QED) is 0.846. The van der Waals surface area contributed by atoms with E-state index in [-0.39, 0.29) is 0 Å². The fourth-order valence-electron chi connectivity index (χ4n) is 1.32. The number of hydrogen-bond donors (Lipinski definition) is 1. The summed E-state index contributed by atoms with van der Waals surface area (Å²) in [4.78, 5) is 0. The highest BCUT2D eigenvalue weighted by Crippen LogP contribution is 2.17. The van der Waals surface area contributed by atoms with E-state index in [4.69, 9.17) is 11.6 Å². The molecule has 2 unspecified atom stereocenters. The van der Waals surface area contributed by atoms with Crippen LogP contribution in [0.4, 0.5) is 0 Å². The number of nitrogens with one attached hydrogen (secondary N) is 1. The second kappa shape index (κ2) is 6.41. The van der Waals surface area contributed by atoms with E-state index in [1.807, 2.05) is 30.0 Å². The third kappa shape index (κ3) is 4.45. The third-order valence-electron chi connectivity index (χ3n) is 2.46. The maximum absolute atomic E-state index is 5.95. The van der Waals surface area contributed by atoms with Crippen LogP contribution in [-0.4, -0.2) is 18.1 Å². The zero-order chi connectivity index (χ0) is 11.3. The molecular weight excluding hydrogens is 226 g/mol. The van der Waals surface area contributed by atoms with Gasteiger partial charge in [-0.15, -0.1) is 0 Å². The van der Waals surface area contributed by atoms with Crippen molar-refractivity contribution in [2.24, 2.45) is 0 Å². The topological polar surface area (TPSA) is 12.0 Å². The molecule has 1 nitrogen and oxygen atoms in total. The van der Waals surface area contributed by atoms with Crippen molar-refractivity contribution >= 4 is 23.4 Å². The predicted molar refractivity (Wildman–Crippen MR) is 70.8 cm³/mol. The van der Waals surface area contributed by atoms with Crippen LogP contribution in [0.1, 0.15) is 25.5 Å². The molecule has 0 aliphatic heterocycles. The Morgan fingerprint density at radius 3 is 2.73 bits per heavy atom. The monoisotopic (exact) mass is 243 g/mol. The molecule has 84 valence electrons. The van der Waals surface area contributed by atoms with Gasteiger partial charge in [-0.05, 0) is 30.9 Å². The molecule has 3 heteroatoms. The summed E-state index contributed by atoms with van der Waals surface area (Å²) in [6.07, 6.45) is 2.14. The SMILES string of the molecule is CSC(C)CNC(C)c1cccc(Cl)c1. The van der Waals surface area contributed by atoms with Gasteiger partial charge < -0.3 is 5.32 Å². The Bertz CT molecular complexity index is 303. The fourth-order valence-corrected chi connectivity index (χ4v) is 1.78. The van der Waals surface area contributed by atoms with Crippen LogP contribution >= 0.6 is 23.4 Å². The van der Waals surface area contributed by atoms with Crippen LogP contribution in [0.3, 0.4) is 0 Å². The molecule has 15 heavy (non-hydrogen) atoms. The maximum Gasteiger partial charge on any atom is 0.0409 e. The van der Waals surface area contributed by atoms with E-state index in [0.29, 0.717) is 11.3 Å². The summed E-state index contributed by atoms with van der Waals surface area (Å²) in [5.74, 6) is 0. The summed E-state index contributed by atoms with van der Waals surface area (Å²) >= 11 is 7.82. The highest BCUT2D eigenvalue weighted by molar-refractivity contribution is 7.99. The molecule has 1 N–H and O–H groups in total. The van der Waals surface area contributed by atoms with Crippen LogP contribution in [0.25, 0.3) is 0 Å². The predicted octanol–water partition coefficient (Wildman–Crippen LogP) is 3.74. The van der Waals surface area contributed by atoms with E-state index >= 15 is 0 Å². The second-order valence-corrected chi connectivity index (χ2v) is 5.44. The van der Waals surface area contributed by atoms with Crippen LogP contribution in [-0.2, 0) is 0 Å². The molecule has 1 aromatic carbocycles. The number of hydrogen-bond acceptors (Lipinski definition) is 2. The van der Waals surface area contributed by atoms with Crippen LogP contribution in [0.15, 0.2) is 24.3 Å². The molecule has 0 saturated heterocycles. The number of halogens is 1. The minimum absolute atomic E-state index is 0.360. The molecule has 1 aromatic rings. The molecule has 0 aliphatic carbocycles. The average Bonchev–Trinajstić information content (AvgIpc) is 2.25. The Kier molecular flexibility index (Phi) is 5.51. The summed E-state index contributed by atoms with van der Waals surface area (Å²) in [7, 11) is 0. The van der Waals surface area contributed by atoms with Gasteiger partial charge in [-0.3, -0.25) is 0 Å². The summed E-state index contributed by atoms with van der Waals surface area (Å²) < 4.78 is 0. The summed E-state index contributed by atoms with van der Waals surface area (Å²) in [5, 5.41) is 4.95. The van der Waals surface area contributed by atoms with Gasteiger partial charge >= 0.3 is 0 Å². The standard InChI is InChI=1S/C12H18ClNS/c1-9(15-3)8-14-10(2)11-5-4-6-12(13)7-11/h4-7,9-10,14H,8H2,1-3H3. The lowest BCUT2D eigenvalue weighted by Crippen LogP contribution is -2.25. The van der Waals surface area contributed by atoms with Gasteiger partial charge in [0, 0.05) is 22.9 Å². The lowest BCUT2D eigenvalue weighted by molar-refractivity contribution is 0.576. The summed E-state index contributed by atoms with van der Waals surface area (Å²) in [6.45, 7) is 5.41. The molecule has 1 rings (SSSR count). The third-order valence-corrected chi connectivity index (χ3v) is 3.67. The first-order chi connectivity index (χ1) is 7.13.